The largest absolute Gasteiger partial charge is 0.469 e. The molecule has 2 aliphatic carbocycles. The van der Waals surface area contributed by atoms with Crippen LogP contribution in [0.4, 0.5) is 0 Å². The summed E-state index contributed by atoms with van der Waals surface area (Å²) in [4.78, 5) is 11.6. The van der Waals surface area contributed by atoms with Gasteiger partial charge in [-0.3, -0.25) is 4.79 Å². The van der Waals surface area contributed by atoms with Crippen LogP contribution in [0.15, 0.2) is 0 Å². The summed E-state index contributed by atoms with van der Waals surface area (Å²) in [6, 6.07) is -0.0613. The van der Waals surface area contributed by atoms with Gasteiger partial charge in [0.2, 0.25) is 10.0 Å². The Balaban J connectivity index is 1.97. The number of rotatable bonds is 5. The van der Waals surface area contributed by atoms with Gasteiger partial charge in [0.05, 0.1) is 24.4 Å². The fourth-order valence-corrected chi connectivity index (χ4v) is 4.88. The molecule has 2 rings (SSSR count). The third-order valence-corrected chi connectivity index (χ3v) is 6.14. The van der Waals surface area contributed by atoms with Crippen LogP contribution in [-0.4, -0.2) is 46.0 Å². The van der Waals surface area contributed by atoms with Crippen molar-refractivity contribution in [3.8, 4) is 0 Å². The summed E-state index contributed by atoms with van der Waals surface area (Å²) in [5.41, 5.74) is 0. The summed E-state index contributed by atoms with van der Waals surface area (Å²) >= 11 is 0. The van der Waals surface area contributed by atoms with Crippen LogP contribution in [0.1, 0.15) is 32.1 Å². The standard InChI is InChI=1S/C12H21NO5S/c1-17-9-6-8(7-9)13-19(15,16)11-5-3-4-10(11)12(14)18-2/h8-11,13H,3-7H2,1-2H3. The van der Waals surface area contributed by atoms with Crippen molar-refractivity contribution in [3.63, 3.8) is 0 Å². The highest BCUT2D eigenvalue weighted by Gasteiger charge is 2.44. The van der Waals surface area contributed by atoms with E-state index in [1.807, 2.05) is 0 Å². The van der Waals surface area contributed by atoms with Gasteiger partial charge in [-0.2, -0.15) is 0 Å². The van der Waals surface area contributed by atoms with Crippen LogP contribution >= 0.6 is 0 Å². The molecule has 0 aliphatic heterocycles. The molecule has 0 heterocycles. The van der Waals surface area contributed by atoms with Crippen molar-refractivity contribution in [3.05, 3.63) is 0 Å². The number of carbonyl (C=O) groups excluding carboxylic acids is 1. The van der Waals surface area contributed by atoms with Crippen molar-refractivity contribution >= 4 is 16.0 Å². The van der Waals surface area contributed by atoms with Gasteiger partial charge in [0.25, 0.3) is 0 Å². The molecule has 6 nitrogen and oxygen atoms in total. The maximum absolute atomic E-state index is 12.3. The van der Waals surface area contributed by atoms with E-state index in [4.69, 9.17) is 4.74 Å². The van der Waals surface area contributed by atoms with Gasteiger partial charge < -0.3 is 9.47 Å². The van der Waals surface area contributed by atoms with Crippen molar-refractivity contribution in [2.45, 2.75) is 49.5 Å². The molecule has 0 amide bonds. The number of nitrogens with one attached hydrogen (secondary N) is 1. The number of ether oxygens (including phenoxy) is 2. The van der Waals surface area contributed by atoms with E-state index in [-0.39, 0.29) is 12.1 Å². The average Bonchev–Trinajstić information content (AvgIpc) is 2.82. The van der Waals surface area contributed by atoms with E-state index >= 15 is 0 Å². The maximum Gasteiger partial charge on any atom is 0.310 e. The lowest BCUT2D eigenvalue weighted by atomic mass is 9.90. The van der Waals surface area contributed by atoms with Gasteiger partial charge in [-0.05, 0) is 25.7 Å². The summed E-state index contributed by atoms with van der Waals surface area (Å²) in [6.45, 7) is 0. The van der Waals surface area contributed by atoms with Crippen molar-refractivity contribution in [2.24, 2.45) is 5.92 Å². The Morgan fingerprint density at radius 1 is 1.21 bits per heavy atom. The van der Waals surface area contributed by atoms with Crippen LogP contribution in [-0.2, 0) is 24.3 Å². The minimum Gasteiger partial charge on any atom is -0.469 e. The van der Waals surface area contributed by atoms with Crippen LogP contribution in [0.2, 0.25) is 0 Å². The Bertz CT molecular complexity index is 429. The first-order valence-electron chi connectivity index (χ1n) is 6.59. The van der Waals surface area contributed by atoms with E-state index in [1.165, 1.54) is 7.11 Å². The predicted molar refractivity (Wildman–Crippen MR) is 69.0 cm³/mol. The lowest BCUT2D eigenvalue weighted by molar-refractivity contribution is -0.145. The van der Waals surface area contributed by atoms with Gasteiger partial charge in [0, 0.05) is 13.2 Å². The second-order valence-corrected chi connectivity index (χ2v) is 7.22. The van der Waals surface area contributed by atoms with E-state index in [9.17, 15) is 13.2 Å². The van der Waals surface area contributed by atoms with Crippen LogP contribution in [0.5, 0.6) is 0 Å². The zero-order chi connectivity index (χ0) is 14.0. The van der Waals surface area contributed by atoms with Crippen LogP contribution < -0.4 is 4.72 Å². The second kappa shape index (κ2) is 5.76. The number of methoxy groups -OCH3 is 2. The fraction of sp³-hybridized carbons (Fsp3) is 0.917. The third-order valence-electron chi connectivity index (χ3n) is 4.11. The van der Waals surface area contributed by atoms with Gasteiger partial charge in [-0.15, -0.1) is 0 Å². The lowest BCUT2D eigenvalue weighted by Crippen LogP contribution is -2.51. The smallest absolute Gasteiger partial charge is 0.310 e. The quantitative estimate of drug-likeness (QED) is 0.743. The second-order valence-electron chi connectivity index (χ2n) is 5.29. The van der Waals surface area contributed by atoms with Crippen LogP contribution in [0.3, 0.4) is 0 Å². The lowest BCUT2D eigenvalue weighted by Gasteiger charge is -2.35. The summed E-state index contributed by atoms with van der Waals surface area (Å²) in [5, 5.41) is -0.651. The molecule has 0 aromatic rings. The van der Waals surface area contributed by atoms with Crippen LogP contribution in [0, 0.1) is 5.92 Å². The van der Waals surface area contributed by atoms with E-state index in [2.05, 4.69) is 9.46 Å². The molecule has 2 atom stereocenters. The molecule has 7 heteroatoms. The summed E-state index contributed by atoms with van der Waals surface area (Å²) in [5.74, 6) is -0.947. The molecule has 110 valence electrons. The Labute approximate surface area is 113 Å². The van der Waals surface area contributed by atoms with Crippen molar-refractivity contribution in [1.29, 1.82) is 0 Å². The molecule has 0 radical (unpaired) electrons. The average molecular weight is 291 g/mol. The molecule has 19 heavy (non-hydrogen) atoms. The normalized spacial score (nSPS) is 34.8. The number of esters is 1. The van der Waals surface area contributed by atoms with Crippen molar-refractivity contribution in [1.82, 2.24) is 4.72 Å². The highest BCUT2D eigenvalue weighted by Crippen LogP contribution is 2.33. The fourth-order valence-electron chi connectivity index (χ4n) is 2.89. The highest BCUT2D eigenvalue weighted by molar-refractivity contribution is 7.90. The first kappa shape index (κ1) is 14.7. The number of hydrogen-bond acceptors (Lipinski definition) is 5. The van der Waals surface area contributed by atoms with Gasteiger partial charge in [0.1, 0.15) is 0 Å². The summed E-state index contributed by atoms with van der Waals surface area (Å²) in [7, 11) is -0.539. The molecular formula is C12H21NO5S. The molecule has 2 aliphatic rings. The Hall–Kier alpha value is -0.660. The predicted octanol–water partition coefficient (Wildman–Crippen LogP) is 0.425. The van der Waals surface area contributed by atoms with Gasteiger partial charge in [-0.1, -0.05) is 6.42 Å². The van der Waals surface area contributed by atoms with Gasteiger partial charge in [-0.25, -0.2) is 13.1 Å². The zero-order valence-electron chi connectivity index (χ0n) is 11.3. The SMILES string of the molecule is COC(=O)C1CCCC1S(=O)(=O)NC1CC(OC)C1. The van der Waals surface area contributed by atoms with Gasteiger partial charge >= 0.3 is 5.97 Å². The third kappa shape index (κ3) is 3.09. The first-order chi connectivity index (χ1) is 8.97. The van der Waals surface area contributed by atoms with Crippen molar-refractivity contribution in [2.75, 3.05) is 14.2 Å². The molecule has 0 bridgehead atoms. The first-order valence-corrected chi connectivity index (χ1v) is 8.14. The minimum atomic E-state index is -3.46. The van der Waals surface area contributed by atoms with E-state index in [0.29, 0.717) is 25.7 Å². The van der Waals surface area contributed by atoms with E-state index < -0.39 is 27.2 Å². The highest BCUT2D eigenvalue weighted by atomic mass is 32.2. The summed E-state index contributed by atoms with van der Waals surface area (Å²) < 4.78 is 37.1. The Kier molecular flexibility index (Phi) is 4.47. The Morgan fingerprint density at radius 2 is 1.89 bits per heavy atom. The topological polar surface area (TPSA) is 81.7 Å². The number of sulfonamides is 1. The monoisotopic (exact) mass is 291 g/mol. The Morgan fingerprint density at radius 3 is 2.47 bits per heavy atom. The molecule has 1 N–H and O–H groups in total. The molecule has 0 saturated heterocycles. The molecule has 0 aromatic carbocycles. The summed E-state index contributed by atoms with van der Waals surface area (Å²) in [6.07, 6.45) is 3.40. The maximum atomic E-state index is 12.3. The van der Waals surface area contributed by atoms with E-state index in [0.717, 1.165) is 6.42 Å². The van der Waals surface area contributed by atoms with Crippen LogP contribution in [0.25, 0.3) is 0 Å². The zero-order valence-corrected chi connectivity index (χ0v) is 12.1. The number of hydrogen-bond donors (Lipinski definition) is 1. The molecule has 2 saturated carbocycles. The number of carbonyl (C=O) groups is 1. The molecule has 0 spiro atoms. The molecule has 2 unspecified atom stereocenters. The van der Waals surface area contributed by atoms with Crippen molar-refractivity contribution < 1.29 is 22.7 Å². The van der Waals surface area contributed by atoms with Gasteiger partial charge in [0.15, 0.2) is 0 Å². The molecular weight excluding hydrogens is 270 g/mol. The van der Waals surface area contributed by atoms with E-state index in [1.54, 1.807) is 7.11 Å². The molecule has 0 aromatic heterocycles. The molecule has 2 fully saturated rings. The minimum absolute atomic E-state index is 0.0613.